The molecular weight excluding hydrogens is 170 g/mol. The summed E-state index contributed by atoms with van der Waals surface area (Å²) in [6.07, 6.45) is -0.405. The zero-order valence-corrected chi connectivity index (χ0v) is 7.23. The van der Waals surface area contributed by atoms with Crippen molar-refractivity contribution in [2.75, 3.05) is 0 Å². The molecule has 0 amide bonds. The second-order valence-electron chi connectivity index (χ2n) is 2.63. The van der Waals surface area contributed by atoms with Crippen LogP contribution in [0.25, 0.3) is 0 Å². The highest BCUT2D eigenvalue weighted by molar-refractivity contribution is 5.73. The molecule has 0 bridgehead atoms. The van der Waals surface area contributed by atoms with Crippen LogP contribution >= 0.6 is 0 Å². The smallest absolute Gasteiger partial charge is 0.222 e. The van der Waals surface area contributed by atoms with Gasteiger partial charge in [-0.3, -0.25) is 0 Å². The third-order valence-corrected chi connectivity index (χ3v) is 1.64. The first kappa shape index (κ1) is 9.34. The van der Waals surface area contributed by atoms with Gasteiger partial charge in [0.25, 0.3) is 0 Å². The molecule has 1 heterocycles. The Bertz CT molecular complexity index is 287. The van der Waals surface area contributed by atoms with E-state index in [4.69, 9.17) is 20.1 Å². The molecule has 68 valence electrons. The molecule has 13 heavy (non-hydrogen) atoms. The average Bonchev–Trinajstić information content (AvgIpc) is 2.10. The average molecular weight is 179 g/mol. The molecule has 0 aromatic rings. The molecule has 1 aliphatic rings. The van der Waals surface area contributed by atoms with Gasteiger partial charge in [-0.25, -0.2) is 0 Å². The molecule has 0 spiro atoms. The minimum Gasteiger partial charge on any atom is -0.470 e. The number of rotatable bonds is 2. The summed E-state index contributed by atoms with van der Waals surface area (Å²) in [7, 11) is 0. The molecule has 5 nitrogen and oxygen atoms in total. The molecule has 0 aliphatic carbocycles. The van der Waals surface area contributed by atoms with E-state index >= 15 is 0 Å². The summed E-state index contributed by atoms with van der Waals surface area (Å²) in [5.74, 6) is 0.398. The minimum atomic E-state index is -0.423. The summed E-state index contributed by atoms with van der Waals surface area (Å²) in [6.45, 7) is 1.65. The van der Waals surface area contributed by atoms with Gasteiger partial charge in [-0.2, -0.15) is 10.5 Å². The van der Waals surface area contributed by atoms with Crippen molar-refractivity contribution in [1.29, 1.82) is 10.5 Å². The van der Waals surface area contributed by atoms with E-state index < -0.39 is 6.10 Å². The fraction of sp³-hybridized carbons (Fsp3) is 0.625. The SMILES string of the molecule is CC1=NOC(CC#N)C(CC#N)O1. The standard InChI is InChI=1S/C8H9N3O2/c1-6-11-13-8(3-5-10)7(12-6)2-4-9/h7-8H,2-3H2,1H3. The molecular formula is C8H9N3O2. The number of nitriles is 2. The summed E-state index contributed by atoms with van der Waals surface area (Å²) < 4.78 is 5.24. The lowest BCUT2D eigenvalue weighted by Gasteiger charge is -2.26. The summed E-state index contributed by atoms with van der Waals surface area (Å²) in [5, 5.41) is 20.5. The molecule has 2 unspecified atom stereocenters. The van der Waals surface area contributed by atoms with E-state index in [-0.39, 0.29) is 18.9 Å². The van der Waals surface area contributed by atoms with Crippen LogP contribution in [-0.4, -0.2) is 18.1 Å². The van der Waals surface area contributed by atoms with Crippen molar-refractivity contribution in [2.24, 2.45) is 5.16 Å². The van der Waals surface area contributed by atoms with Crippen LogP contribution in [-0.2, 0) is 9.57 Å². The normalized spacial score (nSPS) is 25.9. The first-order valence-corrected chi connectivity index (χ1v) is 3.89. The minimum absolute atomic E-state index is 0.184. The summed E-state index contributed by atoms with van der Waals surface area (Å²) in [6, 6.07) is 3.93. The van der Waals surface area contributed by atoms with Crippen molar-refractivity contribution >= 4 is 5.90 Å². The molecule has 0 aromatic heterocycles. The van der Waals surface area contributed by atoms with Crippen molar-refractivity contribution < 1.29 is 9.57 Å². The van der Waals surface area contributed by atoms with Gasteiger partial charge >= 0.3 is 0 Å². The molecule has 0 saturated heterocycles. The van der Waals surface area contributed by atoms with Crippen LogP contribution in [0, 0.1) is 22.7 Å². The van der Waals surface area contributed by atoms with E-state index in [9.17, 15) is 0 Å². The molecule has 0 aromatic carbocycles. The highest BCUT2D eigenvalue weighted by Gasteiger charge is 2.28. The van der Waals surface area contributed by atoms with Gasteiger partial charge in [0.15, 0.2) is 12.2 Å². The van der Waals surface area contributed by atoms with Crippen molar-refractivity contribution in [3.05, 3.63) is 0 Å². The van der Waals surface area contributed by atoms with Crippen molar-refractivity contribution in [3.8, 4) is 12.1 Å². The van der Waals surface area contributed by atoms with Gasteiger partial charge in [0.1, 0.15) is 0 Å². The monoisotopic (exact) mass is 179 g/mol. The van der Waals surface area contributed by atoms with E-state index in [2.05, 4.69) is 5.16 Å². The Balaban J connectivity index is 2.62. The number of hydrogen-bond acceptors (Lipinski definition) is 5. The Morgan fingerprint density at radius 2 is 1.92 bits per heavy atom. The largest absolute Gasteiger partial charge is 0.470 e. The topological polar surface area (TPSA) is 78.4 Å². The maximum absolute atomic E-state index is 8.48. The van der Waals surface area contributed by atoms with Crippen LogP contribution < -0.4 is 0 Å². The third kappa shape index (κ3) is 2.34. The molecule has 0 radical (unpaired) electrons. The first-order valence-electron chi connectivity index (χ1n) is 3.89. The van der Waals surface area contributed by atoms with Crippen LogP contribution in [0.1, 0.15) is 19.8 Å². The van der Waals surface area contributed by atoms with Gasteiger partial charge in [0.2, 0.25) is 5.90 Å². The highest BCUT2D eigenvalue weighted by Crippen LogP contribution is 2.16. The molecule has 2 atom stereocenters. The molecule has 0 fully saturated rings. The highest BCUT2D eigenvalue weighted by atomic mass is 16.7. The van der Waals surface area contributed by atoms with Crippen LogP contribution in [0.15, 0.2) is 5.16 Å². The van der Waals surface area contributed by atoms with Gasteiger partial charge in [-0.05, 0) is 0 Å². The Hall–Kier alpha value is -1.75. The first-order chi connectivity index (χ1) is 6.27. The Labute approximate surface area is 76.1 Å². The summed E-state index contributed by atoms with van der Waals surface area (Å²) in [4.78, 5) is 4.99. The van der Waals surface area contributed by atoms with Gasteiger partial charge in [-0.1, -0.05) is 5.16 Å². The lowest BCUT2D eigenvalue weighted by Crippen LogP contribution is -2.35. The van der Waals surface area contributed by atoms with E-state index in [0.717, 1.165) is 0 Å². The van der Waals surface area contributed by atoms with Crippen LogP contribution in [0.4, 0.5) is 0 Å². The van der Waals surface area contributed by atoms with Crippen LogP contribution in [0.2, 0.25) is 0 Å². The Morgan fingerprint density at radius 1 is 1.31 bits per heavy atom. The molecule has 0 N–H and O–H groups in total. The zero-order valence-electron chi connectivity index (χ0n) is 7.23. The maximum atomic E-state index is 8.48. The molecule has 1 aliphatic heterocycles. The van der Waals surface area contributed by atoms with Crippen molar-refractivity contribution in [2.45, 2.75) is 32.0 Å². The Kier molecular flexibility index (Phi) is 3.10. The van der Waals surface area contributed by atoms with Crippen LogP contribution in [0.3, 0.4) is 0 Å². The molecule has 0 saturated carbocycles. The molecule has 1 rings (SSSR count). The van der Waals surface area contributed by atoms with Gasteiger partial charge in [-0.15, -0.1) is 0 Å². The van der Waals surface area contributed by atoms with Gasteiger partial charge < -0.3 is 9.57 Å². The quantitative estimate of drug-likeness (QED) is 0.631. The lowest BCUT2D eigenvalue weighted by molar-refractivity contribution is -0.0560. The third-order valence-electron chi connectivity index (χ3n) is 1.64. The van der Waals surface area contributed by atoms with Crippen molar-refractivity contribution in [3.63, 3.8) is 0 Å². The van der Waals surface area contributed by atoms with E-state index in [1.807, 2.05) is 12.1 Å². The fourth-order valence-electron chi connectivity index (χ4n) is 1.05. The number of nitrogens with zero attached hydrogens (tertiary/aromatic N) is 3. The van der Waals surface area contributed by atoms with Crippen molar-refractivity contribution in [1.82, 2.24) is 0 Å². The number of hydrogen-bond donors (Lipinski definition) is 0. The van der Waals surface area contributed by atoms with E-state index in [1.165, 1.54) is 0 Å². The molecule has 5 heteroatoms. The van der Waals surface area contributed by atoms with E-state index in [0.29, 0.717) is 5.90 Å². The summed E-state index contributed by atoms with van der Waals surface area (Å²) in [5.41, 5.74) is 0. The number of oxime groups is 1. The number of ether oxygens (including phenoxy) is 1. The fourth-order valence-corrected chi connectivity index (χ4v) is 1.05. The lowest BCUT2D eigenvalue weighted by atomic mass is 10.1. The van der Waals surface area contributed by atoms with Crippen LogP contribution in [0.5, 0.6) is 0 Å². The second kappa shape index (κ2) is 4.32. The predicted octanol–water partition coefficient (Wildman–Crippen LogP) is 0.931. The van der Waals surface area contributed by atoms with Gasteiger partial charge in [0.05, 0.1) is 25.0 Å². The predicted molar refractivity (Wildman–Crippen MR) is 43.3 cm³/mol. The zero-order chi connectivity index (χ0) is 9.68. The second-order valence-corrected chi connectivity index (χ2v) is 2.63. The summed E-state index contributed by atoms with van der Waals surface area (Å²) >= 11 is 0. The van der Waals surface area contributed by atoms with E-state index in [1.54, 1.807) is 6.92 Å². The maximum Gasteiger partial charge on any atom is 0.222 e. The van der Waals surface area contributed by atoms with Gasteiger partial charge in [0, 0.05) is 6.92 Å². The Morgan fingerprint density at radius 3 is 2.54 bits per heavy atom.